The molecule has 5 heteroatoms. The van der Waals surface area contributed by atoms with Crippen LogP contribution in [-0.2, 0) is 4.74 Å². The maximum absolute atomic E-state index is 11.3. The zero-order valence-electron chi connectivity index (χ0n) is 7.89. The maximum atomic E-state index is 11.3. The van der Waals surface area contributed by atoms with Crippen molar-refractivity contribution in [1.82, 2.24) is 4.98 Å². The molecule has 1 heterocycles. The summed E-state index contributed by atoms with van der Waals surface area (Å²) in [7, 11) is 0. The molecule has 0 aliphatic rings. The van der Waals surface area contributed by atoms with Crippen LogP contribution in [0.5, 0.6) is 0 Å². The van der Waals surface area contributed by atoms with Crippen molar-refractivity contribution in [3.63, 3.8) is 0 Å². The lowest BCUT2D eigenvalue weighted by atomic mass is 10.2. The molecule has 4 nitrogen and oxygen atoms in total. The van der Waals surface area contributed by atoms with E-state index in [9.17, 15) is 9.59 Å². The van der Waals surface area contributed by atoms with Gasteiger partial charge in [-0.1, -0.05) is 11.6 Å². The highest BCUT2D eigenvalue weighted by Gasteiger charge is 2.18. The minimum Gasteiger partial charge on any atom is -0.461 e. The first-order valence-electron chi connectivity index (χ1n) is 4.12. The number of rotatable bonds is 3. The first-order chi connectivity index (χ1) is 6.61. The van der Waals surface area contributed by atoms with Crippen molar-refractivity contribution < 1.29 is 14.3 Å². The van der Waals surface area contributed by atoms with E-state index in [4.69, 9.17) is 16.3 Å². The number of carbonyl (C=O) groups is 2. The number of aromatic amines is 1. The summed E-state index contributed by atoms with van der Waals surface area (Å²) in [5, 5.41) is 0.267. The molecule has 0 spiro atoms. The summed E-state index contributed by atoms with van der Waals surface area (Å²) < 4.78 is 4.78. The highest BCUT2D eigenvalue weighted by molar-refractivity contribution is 6.34. The molecule has 0 aromatic carbocycles. The molecule has 14 heavy (non-hydrogen) atoms. The second kappa shape index (κ2) is 4.28. The molecule has 1 N–H and O–H groups in total. The van der Waals surface area contributed by atoms with Gasteiger partial charge in [0.25, 0.3) is 0 Å². The highest BCUT2D eigenvalue weighted by atomic mass is 35.5. The Kier molecular flexibility index (Phi) is 3.30. The molecule has 0 radical (unpaired) electrons. The predicted octanol–water partition coefficient (Wildman–Crippen LogP) is 1.97. The Morgan fingerprint density at radius 2 is 2.29 bits per heavy atom. The molecule has 0 atom stereocenters. The molecule has 1 rings (SSSR count). The van der Waals surface area contributed by atoms with Crippen LogP contribution >= 0.6 is 11.6 Å². The van der Waals surface area contributed by atoms with E-state index in [1.165, 1.54) is 0 Å². The number of ether oxygens (including phenoxy) is 1. The number of hydrogen-bond donors (Lipinski definition) is 1. The molecule has 0 bridgehead atoms. The summed E-state index contributed by atoms with van der Waals surface area (Å²) in [6.07, 6.45) is 0.568. The van der Waals surface area contributed by atoms with Crippen LogP contribution < -0.4 is 0 Å². The molecule has 76 valence electrons. The number of H-pyrrole nitrogens is 1. The van der Waals surface area contributed by atoms with Crippen molar-refractivity contribution in [2.45, 2.75) is 13.8 Å². The lowest BCUT2D eigenvalue weighted by molar-refractivity contribution is 0.0519. The molecule has 0 aliphatic heterocycles. The van der Waals surface area contributed by atoms with Crippen molar-refractivity contribution in [2.75, 3.05) is 6.61 Å². The third kappa shape index (κ3) is 1.80. The first kappa shape index (κ1) is 10.8. The summed E-state index contributed by atoms with van der Waals surface area (Å²) in [6.45, 7) is 3.64. The molecule has 1 aromatic heterocycles. The lowest BCUT2D eigenvalue weighted by Gasteiger charge is -1.99. The topological polar surface area (TPSA) is 59.2 Å². The fourth-order valence-electron chi connectivity index (χ4n) is 1.08. The maximum Gasteiger partial charge on any atom is 0.355 e. The van der Waals surface area contributed by atoms with E-state index in [1.807, 2.05) is 0 Å². The molecule has 1 aromatic rings. The quantitative estimate of drug-likeness (QED) is 0.620. The monoisotopic (exact) mass is 215 g/mol. The number of halogens is 1. The summed E-state index contributed by atoms with van der Waals surface area (Å²) in [4.78, 5) is 24.4. The number of aromatic nitrogens is 1. The number of aldehydes is 1. The Bertz CT molecular complexity index is 370. The van der Waals surface area contributed by atoms with Crippen LogP contribution in [0.3, 0.4) is 0 Å². The van der Waals surface area contributed by atoms with Gasteiger partial charge in [-0.15, -0.1) is 0 Å². The van der Waals surface area contributed by atoms with Crippen LogP contribution in [0.1, 0.15) is 33.5 Å². The third-order valence-electron chi connectivity index (χ3n) is 1.80. The molecular formula is C9H10ClNO3. The van der Waals surface area contributed by atoms with E-state index in [2.05, 4.69) is 4.98 Å². The average molecular weight is 216 g/mol. The number of nitrogens with one attached hydrogen (secondary N) is 1. The van der Waals surface area contributed by atoms with E-state index in [0.717, 1.165) is 0 Å². The molecular weight excluding hydrogens is 206 g/mol. The van der Waals surface area contributed by atoms with Gasteiger partial charge in [0.15, 0.2) is 6.29 Å². The van der Waals surface area contributed by atoms with Gasteiger partial charge >= 0.3 is 5.97 Å². The van der Waals surface area contributed by atoms with E-state index >= 15 is 0 Å². The van der Waals surface area contributed by atoms with Gasteiger partial charge in [0.05, 0.1) is 17.3 Å². The Labute approximate surface area is 86.2 Å². The molecule has 0 unspecified atom stereocenters. The Morgan fingerprint density at radius 1 is 1.64 bits per heavy atom. The van der Waals surface area contributed by atoms with Crippen LogP contribution in [0.25, 0.3) is 0 Å². The van der Waals surface area contributed by atoms with Crippen molar-refractivity contribution in [1.29, 1.82) is 0 Å². The Balaban J connectivity index is 3.10. The zero-order valence-corrected chi connectivity index (χ0v) is 8.64. The largest absolute Gasteiger partial charge is 0.461 e. The summed E-state index contributed by atoms with van der Waals surface area (Å²) in [5.74, 6) is -0.500. The Morgan fingerprint density at radius 3 is 2.71 bits per heavy atom. The fraction of sp³-hybridized carbons (Fsp3) is 0.333. The van der Waals surface area contributed by atoms with E-state index in [1.54, 1.807) is 13.8 Å². The van der Waals surface area contributed by atoms with Gasteiger partial charge in [0.1, 0.15) is 5.69 Å². The van der Waals surface area contributed by atoms with E-state index < -0.39 is 5.97 Å². The molecule has 0 fully saturated rings. The standard InChI is InChI=1S/C9H10ClNO3/c1-3-14-9(13)8-5(2)7(10)6(4-12)11-8/h4,11H,3H2,1-2H3. The second-order valence-electron chi connectivity index (χ2n) is 2.69. The summed E-state index contributed by atoms with van der Waals surface area (Å²) in [5.41, 5.74) is 0.971. The third-order valence-corrected chi connectivity index (χ3v) is 2.28. The van der Waals surface area contributed by atoms with Crippen LogP contribution in [-0.4, -0.2) is 23.8 Å². The summed E-state index contributed by atoms with van der Waals surface area (Å²) in [6, 6.07) is 0. The summed E-state index contributed by atoms with van der Waals surface area (Å²) >= 11 is 5.79. The van der Waals surface area contributed by atoms with Gasteiger partial charge in [-0.05, 0) is 13.8 Å². The first-order valence-corrected chi connectivity index (χ1v) is 4.50. The van der Waals surface area contributed by atoms with Crippen molar-refractivity contribution >= 4 is 23.9 Å². The molecule has 0 aliphatic carbocycles. The second-order valence-corrected chi connectivity index (χ2v) is 3.07. The number of esters is 1. The van der Waals surface area contributed by atoms with Gasteiger partial charge in [-0.3, -0.25) is 4.79 Å². The zero-order chi connectivity index (χ0) is 10.7. The molecule has 0 saturated heterocycles. The molecule has 0 amide bonds. The average Bonchev–Trinajstić information content (AvgIpc) is 2.44. The van der Waals surface area contributed by atoms with Crippen molar-refractivity contribution in [3.8, 4) is 0 Å². The van der Waals surface area contributed by atoms with E-state index in [0.29, 0.717) is 11.8 Å². The number of hydrogen-bond acceptors (Lipinski definition) is 3. The van der Waals surface area contributed by atoms with Crippen molar-refractivity contribution in [3.05, 3.63) is 22.0 Å². The van der Waals surface area contributed by atoms with Gasteiger partial charge in [0.2, 0.25) is 0 Å². The lowest BCUT2D eigenvalue weighted by Crippen LogP contribution is -2.06. The van der Waals surface area contributed by atoms with Crippen molar-refractivity contribution in [2.24, 2.45) is 0 Å². The SMILES string of the molecule is CCOC(=O)c1[nH]c(C=O)c(Cl)c1C. The van der Waals surface area contributed by atoms with Crippen LogP contribution in [0.2, 0.25) is 5.02 Å². The number of carbonyl (C=O) groups excluding carboxylic acids is 2. The minimum atomic E-state index is -0.500. The van der Waals surface area contributed by atoms with Crippen LogP contribution in [0, 0.1) is 6.92 Å². The smallest absolute Gasteiger partial charge is 0.355 e. The van der Waals surface area contributed by atoms with E-state index in [-0.39, 0.29) is 23.0 Å². The Hall–Kier alpha value is -1.29. The predicted molar refractivity (Wildman–Crippen MR) is 51.9 cm³/mol. The normalized spacial score (nSPS) is 9.93. The minimum absolute atomic E-state index is 0.201. The van der Waals surface area contributed by atoms with Gasteiger partial charge in [0, 0.05) is 5.56 Å². The fourth-order valence-corrected chi connectivity index (χ4v) is 1.27. The van der Waals surface area contributed by atoms with Gasteiger partial charge in [-0.2, -0.15) is 0 Å². The van der Waals surface area contributed by atoms with Gasteiger partial charge < -0.3 is 9.72 Å². The van der Waals surface area contributed by atoms with Crippen LogP contribution in [0.15, 0.2) is 0 Å². The van der Waals surface area contributed by atoms with Crippen LogP contribution in [0.4, 0.5) is 0 Å². The highest BCUT2D eigenvalue weighted by Crippen LogP contribution is 2.22. The van der Waals surface area contributed by atoms with Gasteiger partial charge in [-0.25, -0.2) is 4.79 Å². The molecule has 0 saturated carbocycles.